The lowest BCUT2D eigenvalue weighted by atomic mass is 9.84. The molecule has 0 N–H and O–H groups in total. The molecule has 6 nitrogen and oxygen atoms in total. The van der Waals surface area contributed by atoms with Gasteiger partial charge in [0.2, 0.25) is 0 Å². The molecule has 1 aliphatic carbocycles. The SMILES string of the molecule is CCC1(COc2ccc(Cc3cc(C4CC(OC(C)=O)CC(COC(C)=O)O4)ccc3Cl)cc2)CCCC1. The molecule has 0 spiro atoms. The quantitative estimate of drug-likeness (QED) is 0.301. The van der Waals surface area contributed by atoms with Crippen LogP contribution in [-0.4, -0.2) is 37.4 Å². The van der Waals surface area contributed by atoms with Crippen LogP contribution in [-0.2, 0) is 30.2 Å². The second-order valence-corrected chi connectivity index (χ2v) is 11.2. The van der Waals surface area contributed by atoms with Crippen LogP contribution in [0.25, 0.3) is 0 Å². The van der Waals surface area contributed by atoms with Gasteiger partial charge in [0.25, 0.3) is 0 Å². The zero-order chi connectivity index (χ0) is 27.1. The van der Waals surface area contributed by atoms with Crippen molar-refractivity contribution in [3.63, 3.8) is 0 Å². The van der Waals surface area contributed by atoms with E-state index in [0.29, 0.717) is 29.7 Å². The Bertz CT molecular complexity index is 1090. The Balaban J connectivity index is 1.42. The van der Waals surface area contributed by atoms with E-state index in [1.54, 1.807) is 0 Å². The lowest BCUT2D eigenvalue weighted by molar-refractivity contribution is -0.169. The van der Waals surface area contributed by atoms with Crippen LogP contribution < -0.4 is 4.74 Å². The van der Waals surface area contributed by atoms with Gasteiger partial charge in [-0.1, -0.05) is 55.6 Å². The minimum atomic E-state index is -0.367. The van der Waals surface area contributed by atoms with Gasteiger partial charge in [0.05, 0.1) is 18.8 Å². The molecule has 2 aliphatic rings. The molecule has 2 fully saturated rings. The molecule has 206 valence electrons. The summed E-state index contributed by atoms with van der Waals surface area (Å²) in [5.41, 5.74) is 3.41. The van der Waals surface area contributed by atoms with Crippen LogP contribution in [0.2, 0.25) is 5.02 Å². The summed E-state index contributed by atoms with van der Waals surface area (Å²) in [6.07, 6.45) is 7.00. The van der Waals surface area contributed by atoms with Crippen LogP contribution in [0.15, 0.2) is 42.5 Å². The van der Waals surface area contributed by atoms with Gasteiger partial charge in [-0.15, -0.1) is 0 Å². The van der Waals surface area contributed by atoms with E-state index in [2.05, 4.69) is 25.1 Å². The van der Waals surface area contributed by atoms with Gasteiger partial charge in [0.15, 0.2) is 0 Å². The fourth-order valence-electron chi connectivity index (χ4n) is 5.65. The largest absolute Gasteiger partial charge is 0.493 e. The Morgan fingerprint density at radius 1 is 1.03 bits per heavy atom. The number of rotatable bonds is 10. The van der Waals surface area contributed by atoms with Crippen LogP contribution in [0.4, 0.5) is 0 Å². The van der Waals surface area contributed by atoms with Gasteiger partial charge in [0, 0.05) is 37.1 Å². The molecule has 0 radical (unpaired) electrons. The molecular weight excluding hydrogens is 504 g/mol. The van der Waals surface area contributed by atoms with Crippen molar-refractivity contribution in [1.29, 1.82) is 0 Å². The lowest BCUT2D eigenvalue weighted by Crippen LogP contribution is -2.36. The van der Waals surface area contributed by atoms with E-state index in [0.717, 1.165) is 35.5 Å². The predicted octanol–water partition coefficient (Wildman–Crippen LogP) is 6.99. The smallest absolute Gasteiger partial charge is 0.302 e. The number of halogens is 1. The maximum absolute atomic E-state index is 11.6. The molecule has 0 aromatic heterocycles. The topological polar surface area (TPSA) is 71.1 Å². The molecule has 1 saturated heterocycles. The average Bonchev–Trinajstić information content (AvgIpc) is 3.37. The highest BCUT2D eigenvalue weighted by Crippen LogP contribution is 2.41. The standard InChI is InChI=1S/C31H39ClO6/c1-4-31(13-5-6-14-31)20-36-26-10-7-23(8-11-26)15-25-16-24(9-12-29(25)32)30-18-27(37-22(3)34)17-28(38-30)19-35-21(2)33/h7-12,16,27-28,30H,4-6,13-15,17-20H2,1-3H3. The fraction of sp³-hybridized carbons (Fsp3) is 0.548. The first-order valence-electron chi connectivity index (χ1n) is 13.7. The first-order chi connectivity index (χ1) is 18.2. The maximum atomic E-state index is 11.6. The number of hydrogen-bond donors (Lipinski definition) is 0. The number of esters is 2. The van der Waals surface area contributed by atoms with Crippen molar-refractivity contribution in [2.75, 3.05) is 13.2 Å². The first kappa shape index (κ1) is 28.4. The van der Waals surface area contributed by atoms with Crippen molar-refractivity contribution < 1.29 is 28.5 Å². The van der Waals surface area contributed by atoms with Crippen molar-refractivity contribution in [2.45, 2.75) is 90.4 Å². The van der Waals surface area contributed by atoms with E-state index < -0.39 is 0 Å². The molecule has 4 rings (SSSR count). The number of benzene rings is 2. The first-order valence-corrected chi connectivity index (χ1v) is 14.1. The van der Waals surface area contributed by atoms with Crippen LogP contribution >= 0.6 is 11.6 Å². The molecule has 0 amide bonds. The van der Waals surface area contributed by atoms with Gasteiger partial charge in [-0.05, 0) is 60.6 Å². The monoisotopic (exact) mass is 542 g/mol. The van der Waals surface area contributed by atoms with E-state index in [4.69, 9.17) is 30.5 Å². The molecule has 1 heterocycles. The zero-order valence-electron chi connectivity index (χ0n) is 22.7. The molecule has 1 aliphatic heterocycles. The van der Waals surface area contributed by atoms with Crippen molar-refractivity contribution in [3.8, 4) is 5.75 Å². The lowest BCUT2D eigenvalue weighted by Gasteiger charge is -2.35. The van der Waals surface area contributed by atoms with Gasteiger partial charge in [-0.25, -0.2) is 0 Å². The van der Waals surface area contributed by atoms with Gasteiger partial charge >= 0.3 is 11.9 Å². The molecule has 3 unspecified atom stereocenters. The van der Waals surface area contributed by atoms with Gasteiger partial charge in [-0.2, -0.15) is 0 Å². The van der Waals surface area contributed by atoms with Gasteiger partial charge < -0.3 is 18.9 Å². The van der Waals surface area contributed by atoms with E-state index >= 15 is 0 Å². The fourth-order valence-corrected chi connectivity index (χ4v) is 5.83. The summed E-state index contributed by atoms with van der Waals surface area (Å²) in [5.74, 6) is 0.201. The summed E-state index contributed by atoms with van der Waals surface area (Å²) >= 11 is 6.59. The highest BCUT2D eigenvalue weighted by atomic mass is 35.5. The molecule has 3 atom stereocenters. The molecule has 2 aromatic rings. The minimum Gasteiger partial charge on any atom is -0.493 e. The van der Waals surface area contributed by atoms with Crippen molar-refractivity contribution >= 4 is 23.5 Å². The third-order valence-electron chi connectivity index (χ3n) is 7.88. The number of carbonyl (C=O) groups excluding carboxylic acids is 2. The Hall–Kier alpha value is -2.57. The van der Waals surface area contributed by atoms with E-state index in [-0.39, 0.29) is 36.9 Å². The third-order valence-corrected chi connectivity index (χ3v) is 8.25. The molecule has 7 heteroatoms. The Morgan fingerprint density at radius 3 is 2.42 bits per heavy atom. The number of carbonyl (C=O) groups is 2. The van der Waals surface area contributed by atoms with Crippen molar-refractivity contribution in [2.24, 2.45) is 5.41 Å². The highest BCUT2D eigenvalue weighted by molar-refractivity contribution is 6.31. The van der Waals surface area contributed by atoms with E-state index in [1.165, 1.54) is 39.5 Å². The van der Waals surface area contributed by atoms with Crippen LogP contribution in [0.1, 0.15) is 88.5 Å². The summed E-state index contributed by atoms with van der Waals surface area (Å²) in [4.78, 5) is 22.9. The number of ether oxygens (including phenoxy) is 4. The average molecular weight is 543 g/mol. The van der Waals surface area contributed by atoms with Crippen LogP contribution in [0.5, 0.6) is 5.75 Å². The molecule has 0 bridgehead atoms. The minimum absolute atomic E-state index is 0.123. The zero-order valence-corrected chi connectivity index (χ0v) is 23.4. The Kier molecular flexibility index (Phi) is 9.72. The highest BCUT2D eigenvalue weighted by Gasteiger charge is 2.34. The van der Waals surface area contributed by atoms with Crippen LogP contribution in [0, 0.1) is 5.41 Å². The number of hydrogen-bond acceptors (Lipinski definition) is 6. The normalized spacial score (nSPS) is 22.6. The summed E-state index contributed by atoms with van der Waals surface area (Å²) in [6, 6.07) is 14.1. The summed E-state index contributed by atoms with van der Waals surface area (Å²) < 4.78 is 23.1. The van der Waals surface area contributed by atoms with Crippen molar-refractivity contribution in [3.05, 3.63) is 64.2 Å². The predicted molar refractivity (Wildman–Crippen MR) is 146 cm³/mol. The summed E-state index contributed by atoms with van der Waals surface area (Å²) in [5, 5.41) is 0.684. The molecular formula is C31H39ClO6. The van der Waals surface area contributed by atoms with Crippen LogP contribution in [0.3, 0.4) is 0 Å². The summed E-state index contributed by atoms with van der Waals surface area (Å²) in [6.45, 7) is 5.94. The maximum Gasteiger partial charge on any atom is 0.302 e. The molecule has 2 aromatic carbocycles. The van der Waals surface area contributed by atoms with Gasteiger partial charge in [0.1, 0.15) is 18.5 Å². The van der Waals surface area contributed by atoms with Crippen molar-refractivity contribution in [1.82, 2.24) is 0 Å². The molecule has 38 heavy (non-hydrogen) atoms. The van der Waals surface area contributed by atoms with E-state index in [9.17, 15) is 9.59 Å². The van der Waals surface area contributed by atoms with Gasteiger partial charge in [-0.3, -0.25) is 9.59 Å². The second-order valence-electron chi connectivity index (χ2n) is 10.8. The Labute approximate surface area is 230 Å². The third kappa shape index (κ3) is 7.73. The second kappa shape index (κ2) is 13.0. The summed E-state index contributed by atoms with van der Waals surface area (Å²) in [7, 11) is 0. The molecule has 1 saturated carbocycles. The Morgan fingerprint density at radius 2 is 1.76 bits per heavy atom. The van der Waals surface area contributed by atoms with E-state index in [1.807, 2.05) is 24.3 Å².